The highest BCUT2D eigenvalue weighted by molar-refractivity contribution is 6.30. The van der Waals surface area contributed by atoms with Crippen LogP contribution in [0.2, 0.25) is 5.02 Å². The van der Waals surface area contributed by atoms with Gasteiger partial charge in [-0.05, 0) is 24.3 Å². The second-order valence-corrected chi connectivity index (χ2v) is 4.87. The van der Waals surface area contributed by atoms with E-state index >= 15 is 0 Å². The van der Waals surface area contributed by atoms with Crippen LogP contribution in [0, 0.1) is 5.82 Å². The van der Waals surface area contributed by atoms with Crippen molar-refractivity contribution in [1.82, 2.24) is 4.98 Å². The van der Waals surface area contributed by atoms with Gasteiger partial charge in [-0.25, -0.2) is 9.37 Å². The van der Waals surface area contributed by atoms with E-state index in [-0.39, 0.29) is 17.2 Å². The molecule has 8 heteroatoms. The van der Waals surface area contributed by atoms with Crippen molar-refractivity contribution in [3.63, 3.8) is 0 Å². The first-order chi connectivity index (χ1) is 10.5. The van der Waals surface area contributed by atoms with Crippen molar-refractivity contribution in [3.8, 4) is 0 Å². The van der Waals surface area contributed by atoms with Gasteiger partial charge in [0.2, 0.25) is 0 Å². The van der Waals surface area contributed by atoms with Crippen LogP contribution in [0.4, 0.5) is 21.7 Å². The van der Waals surface area contributed by atoms with Crippen LogP contribution in [0.3, 0.4) is 0 Å². The number of benzene rings is 1. The molecule has 116 valence electrons. The molecule has 0 saturated heterocycles. The Kier molecular flexibility index (Phi) is 5.13. The number of hydrogen-bond acceptors (Lipinski definition) is 5. The lowest BCUT2D eigenvalue weighted by Crippen LogP contribution is -2.18. The number of nitrogens with one attached hydrogen (secondary N) is 2. The minimum atomic E-state index is -0.790. The molecule has 0 aliphatic carbocycles. The van der Waals surface area contributed by atoms with Crippen molar-refractivity contribution in [2.45, 2.75) is 0 Å². The fourth-order valence-corrected chi connectivity index (χ4v) is 1.98. The fraction of sp³-hybridized carbons (Fsp3) is 0.143. The molecule has 1 amide bonds. The molecular weight excluding hydrogens is 309 g/mol. The molecule has 0 fully saturated rings. The van der Waals surface area contributed by atoms with Gasteiger partial charge in [-0.2, -0.15) is 0 Å². The highest BCUT2D eigenvalue weighted by Crippen LogP contribution is 2.25. The first-order valence-electron chi connectivity index (χ1n) is 6.48. The lowest BCUT2D eigenvalue weighted by Gasteiger charge is -2.13. The molecule has 1 aromatic heterocycles. The number of pyridine rings is 1. The van der Waals surface area contributed by atoms with E-state index in [1.54, 1.807) is 24.3 Å². The summed E-state index contributed by atoms with van der Waals surface area (Å²) in [5.41, 5.74) is 11.2. The number of carbonyl (C=O) groups excluding carboxylic acids is 1. The standard InChI is InChI=1S/C14H15ClFN5O/c15-8-2-1-3-9(6-8)20-13-10(12(18)22)7-11(16)14(21-13)19-5-4-17/h1-3,6-7H,4-5,17H2,(H2,18,22)(H2,19,20,21). The van der Waals surface area contributed by atoms with Crippen molar-refractivity contribution in [1.29, 1.82) is 0 Å². The van der Waals surface area contributed by atoms with Crippen LogP contribution in [-0.4, -0.2) is 24.0 Å². The third kappa shape index (κ3) is 3.84. The zero-order valence-corrected chi connectivity index (χ0v) is 12.3. The Balaban J connectivity index is 2.40. The Morgan fingerprint density at radius 2 is 2.09 bits per heavy atom. The Labute approximate surface area is 131 Å². The summed E-state index contributed by atoms with van der Waals surface area (Å²) in [5, 5.41) is 6.15. The third-order valence-corrected chi connectivity index (χ3v) is 3.00. The molecule has 0 unspecified atom stereocenters. The van der Waals surface area contributed by atoms with Crippen LogP contribution in [0.5, 0.6) is 0 Å². The predicted molar refractivity (Wildman–Crippen MR) is 85.0 cm³/mol. The van der Waals surface area contributed by atoms with Crippen LogP contribution < -0.4 is 22.1 Å². The van der Waals surface area contributed by atoms with Gasteiger partial charge in [-0.1, -0.05) is 17.7 Å². The van der Waals surface area contributed by atoms with Gasteiger partial charge in [-0.3, -0.25) is 4.79 Å². The minimum absolute atomic E-state index is 0.0139. The van der Waals surface area contributed by atoms with E-state index in [2.05, 4.69) is 15.6 Å². The summed E-state index contributed by atoms with van der Waals surface area (Å²) in [6, 6.07) is 7.83. The number of anilines is 3. The number of aromatic nitrogens is 1. The molecule has 6 nitrogen and oxygen atoms in total. The summed E-state index contributed by atoms with van der Waals surface area (Å²) in [7, 11) is 0. The van der Waals surface area contributed by atoms with Crippen LogP contribution in [0.15, 0.2) is 30.3 Å². The number of nitrogens with zero attached hydrogens (tertiary/aromatic N) is 1. The maximum atomic E-state index is 13.9. The fourth-order valence-electron chi connectivity index (χ4n) is 1.79. The molecule has 22 heavy (non-hydrogen) atoms. The number of halogens is 2. The number of amides is 1. The molecule has 2 rings (SSSR count). The van der Waals surface area contributed by atoms with Crippen molar-refractivity contribution in [2.24, 2.45) is 11.5 Å². The molecule has 0 radical (unpaired) electrons. The van der Waals surface area contributed by atoms with Crippen LogP contribution in [0.1, 0.15) is 10.4 Å². The van der Waals surface area contributed by atoms with E-state index in [1.807, 2.05) is 0 Å². The lowest BCUT2D eigenvalue weighted by atomic mass is 10.2. The SMILES string of the molecule is NCCNc1nc(Nc2cccc(Cl)c2)c(C(N)=O)cc1F. The first-order valence-corrected chi connectivity index (χ1v) is 6.86. The molecule has 0 aliphatic heterocycles. The Morgan fingerprint density at radius 3 is 2.73 bits per heavy atom. The topological polar surface area (TPSA) is 106 Å². The van der Waals surface area contributed by atoms with Gasteiger partial charge in [0.25, 0.3) is 5.91 Å². The molecule has 0 bridgehead atoms. The quantitative estimate of drug-likeness (QED) is 0.651. The number of carbonyl (C=O) groups is 1. The van der Waals surface area contributed by atoms with Crippen LogP contribution in [-0.2, 0) is 0 Å². The number of nitrogens with two attached hydrogens (primary N) is 2. The van der Waals surface area contributed by atoms with E-state index in [0.29, 0.717) is 23.8 Å². The number of hydrogen-bond donors (Lipinski definition) is 4. The Morgan fingerprint density at radius 1 is 1.32 bits per heavy atom. The van der Waals surface area contributed by atoms with Gasteiger partial charge in [0.1, 0.15) is 5.82 Å². The zero-order valence-electron chi connectivity index (χ0n) is 11.6. The molecular formula is C14H15ClFN5O. The van der Waals surface area contributed by atoms with Gasteiger partial charge < -0.3 is 22.1 Å². The van der Waals surface area contributed by atoms with Crippen LogP contribution in [0.25, 0.3) is 0 Å². The van der Waals surface area contributed by atoms with Crippen molar-refractivity contribution < 1.29 is 9.18 Å². The second-order valence-electron chi connectivity index (χ2n) is 4.43. The summed E-state index contributed by atoms with van der Waals surface area (Å²) in [5.74, 6) is -1.35. The van der Waals surface area contributed by atoms with E-state index < -0.39 is 11.7 Å². The molecule has 6 N–H and O–H groups in total. The maximum absolute atomic E-state index is 13.9. The van der Waals surface area contributed by atoms with E-state index in [9.17, 15) is 9.18 Å². The average molecular weight is 324 g/mol. The maximum Gasteiger partial charge on any atom is 0.252 e. The summed E-state index contributed by atoms with van der Waals surface area (Å²) in [6.45, 7) is 0.659. The van der Waals surface area contributed by atoms with Gasteiger partial charge in [0.05, 0.1) is 5.56 Å². The van der Waals surface area contributed by atoms with Crippen molar-refractivity contribution in [3.05, 3.63) is 46.7 Å². The summed E-state index contributed by atoms with van der Waals surface area (Å²) in [4.78, 5) is 15.5. The van der Waals surface area contributed by atoms with E-state index in [4.69, 9.17) is 23.1 Å². The van der Waals surface area contributed by atoms with Crippen molar-refractivity contribution >= 4 is 34.8 Å². The molecule has 0 aliphatic rings. The predicted octanol–water partition coefficient (Wildman–Crippen LogP) is 2.09. The molecule has 0 saturated carbocycles. The first kappa shape index (κ1) is 16.0. The Bertz CT molecular complexity index is 695. The highest BCUT2D eigenvalue weighted by atomic mass is 35.5. The molecule has 2 aromatic rings. The van der Waals surface area contributed by atoms with Gasteiger partial charge in [0, 0.05) is 23.8 Å². The number of primary amides is 1. The summed E-state index contributed by atoms with van der Waals surface area (Å²) >= 11 is 5.90. The zero-order chi connectivity index (χ0) is 16.1. The lowest BCUT2D eigenvalue weighted by molar-refractivity contribution is 0.100. The Hall–Kier alpha value is -2.38. The molecule has 0 spiro atoms. The third-order valence-electron chi connectivity index (χ3n) is 2.77. The van der Waals surface area contributed by atoms with Crippen LogP contribution >= 0.6 is 11.6 Å². The largest absolute Gasteiger partial charge is 0.366 e. The summed E-state index contributed by atoms with van der Waals surface area (Å²) < 4.78 is 13.9. The van der Waals surface area contributed by atoms with Crippen molar-refractivity contribution in [2.75, 3.05) is 23.7 Å². The highest BCUT2D eigenvalue weighted by Gasteiger charge is 2.16. The molecule has 1 heterocycles. The average Bonchev–Trinajstić information content (AvgIpc) is 2.47. The molecule has 0 atom stereocenters. The summed E-state index contributed by atoms with van der Waals surface area (Å²) in [6.07, 6.45) is 0. The second kappa shape index (κ2) is 7.06. The molecule has 1 aromatic carbocycles. The monoisotopic (exact) mass is 323 g/mol. The van der Waals surface area contributed by atoms with E-state index in [0.717, 1.165) is 6.07 Å². The van der Waals surface area contributed by atoms with Gasteiger partial charge >= 0.3 is 0 Å². The minimum Gasteiger partial charge on any atom is -0.366 e. The van der Waals surface area contributed by atoms with E-state index in [1.165, 1.54) is 0 Å². The van der Waals surface area contributed by atoms with Gasteiger partial charge in [0.15, 0.2) is 11.6 Å². The normalized spacial score (nSPS) is 10.3. The smallest absolute Gasteiger partial charge is 0.252 e. The number of rotatable bonds is 6. The van der Waals surface area contributed by atoms with Gasteiger partial charge in [-0.15, -0.1) is 0 Å².